The van der Waals surface area contributed by atoms with E-state index in [0.29, 0.717) is 0 Å². The summed E-state index contributed by atoms with van der Waals surface area (Å²) < 4.78 is 0. The van der Waals surface area contributed by atoms with Gasteiger partial charge in [-0.25, -0.2) is 0 Å². The van der Waals surface area contributed by atoms with Crippen LogP contribution in [-0.2, 0) is 17.9 Å². The van der Waals surface area contributed by atoms with Crippen LogP contribution < -0.4 is 0 Å². The monoisotopic (exact) mass is 420 g/mol. The Balaban J connectivity index is 0.000000364. The number of hydrogen-bond acceptors (Lipinski definition) is 0. The molecule has 0 saturated heterocycles. The molecule has 0 N–H and O–H groups in total. The van der Waals surface area contributed by atoms with Gasteiger partial charge >= 0.3 is 43.6 Å². The molecule has 0 saturated carbocycles. The van der Waals surface area contributed by atoms with Crippen molar-refractivity contribution in [2.45, 2.75) is 34.6 Å². The molecule has 1 radical (unpaired) electrons. The third-order valence-corrected chi connectivity index (χ3v) is 2.81. The maximum atomic E-state index is 5.02. The Morgan fingerprint density at radius 3 is 0.929 bits per heavy atom. The van der Waals surface area contributed by atoms with Gasteiger partial charge in [0.15, 0.2) is 0 Å². The minimum absolute atomic E-state index is 1.47. The Hall–Kier alpha value is 1.22. The van der Waals surface area contributed by atoms with E-state index in [4.69, 9.17) is 25.7 Å². The molecule has 0 nitrogen and oxygen atoms in total. The van der Waals surface area contributed by atoms with E-state index >= 15 is 0 Å². The van der Waals surface area contributed by atoms with Gasteiger partial charge in [-0.2, -0.15) is 0 Å². The Morgan fingerprint density at radius 2 is 0.857 bits per heavy atom. The van der Waals surface area contributed by atoms with E-state index in [2.05, 4.69) is 34.6 Å². The van der Waals surface area contributed by atoms with E-state index in [1.54, 1.807) is 0 Å². The molecular weight excluding hydrogens is 405 g/mol. The van der Waals surface area contributed by atoms with E-state index in [1.807, 2.05) is 0 Å². The molecule has 0 unspecified atom stereocenters. The van der Waals surface area contributed by atoms with Gasteiger partial charge in [-0.1, -0.05) is 18.1 Å². The average molecular weight is 420 g/mol. The first kappa shape index (κ1) is 15.2. The van der Waals surface area contributed by atoms with Crippen LogP contribution in [0.3, 0.4) is 0 Å². The summed E-state index contributed by atoms with van der Waals surface area (Å²) in [6.07, 6.45) is 0. The Labute approximate surface area is 106 Å². The molecule has 0 fully saturated rings. The van der Waals surface area contributed by atoms with Gasteiger partial charge in [0.05, 0.1) is 0 Å². The first-order chi connectivity index (χ1) is 6.29. The molecule has 0 bridgehead atoms. The molecule has 0 atom stereocenters. The van der Waals surface area contributed by atoms with Gasteiger partial charge in [-0.05, 0) is 38.8 Å². The van der Waals surface area contributed by atoms with Crippen LogP contribution in [0.15, 0.2) is 22.3 Å². The minimum atomic E-state index is -2.24. The zero-order valence-electron chi connectivity index (χ0n) is 9.13. The molecule has 80 valence electrons. The van der Waals surface area contributed by atoms with Crippen LogP contribution in [0.4, 0.5) is 0 Å². The zero-order chi connectivity index (χ0) is 11.5. The van der Waals surface area contributed by atoms with Crippen molar-refractivity contribution in [2.24, 2.45) is 0 Å². The summed E-state index contributed by atoms with van der Waals surface area (Å²) in [6.45, 7) is 11.0. The first-order valence-electron chi connectivity index (χ1n) is 4.32. The van der Waals surface area contributed by atoms with Crippen molar-refractivity contribution in [1.29, 1.82) is 0 Å². The molecule has 0 aromatic heterocycles. The van der Waals surface area contributed by atoms with Crippen molar-refractivity contribution in [3.63, 3.8) is 0 Å². The van der Waals surface area contributed by atoms with Gasteiger partial charge in [-0.15, -0.1) is 0 Å². The topological polar surface area (TPSA) is 0 Å². The van der Waals surface area contributed by atoms with Crippen LogP contribution in [0.1, 0.15) is 34.6 Å². The standard InChI is InChI=1S/C10H15.3ClH.Hf/c1-6-7(2)9(4)10(5)8(6)3;;;;/h1-5H3;3*1H;/q;;;;+3/p-3. The molecule has 4 heteroatoms. The number of hydrogen-bond donors (Lipinski definition) is 0. The fraction of sp³-hybridized carbons (Fsp3) is 0.500. The van der Waals surface area contributed by atoms with Gasteiger partial charge in [0.2, 0.25) is 0 Å². The molecule has 0 spiro atoms. The summed E-state index contributed by atoms with van der Waals surface area (Å²) in [4.78, 5) is 0. The van der Waals surface area contributed by atoms with Crippen molar-refractivity contribution in [3.05, 3.63) is 28.2 Å². The van der Waals surface area contributed by atoms with E-state index in [0.717, 1.165) is 0 Å². The van der Waals surface area contributed by atoms with Gasteiger partial charge in [-0.3, -0.25) is 0 Å². The fourth-order valence-corrected chi connectivity index (χ4v) is 1.41. The van der Waals surface area contributed by atoms with Crippen LogP contribution in [0.5, 0.6) is 0 Å². The molecule has 1 aliphatic rings. The molecule has 0 aromatic carbocycles. The normalized spacial score (nSPS) is 17.1. The summed E-state index contributed by atoms with van der Waals surface area (Å²) in [5.74, 6) is 1.47. The van der Waals surface area contributed by atoms with Crippen molar-refractivity contribution in [3.8, 4) is 0 Å². The second kappa shape index (κ2) is 6.73. The van der Waals surface area contributed by atoms with Crippen LogP contribution in [0.2, 0.25) is 0 Å². The molecule has 1 aliphatic carbocycles. The van der Waals surface area contributed by atoms with Crippen molar-refractivity contribution in [1.82, 2.24) is 0 Å². The van der Waals surface area contributed by atoms with Crippen LogP contribution >= 0.6 is 25.7 Å². The van der Waals surface area contributed by atoms with Crippen molar-refractivity contribution < 1.29 is 17.9 Å². The number of rotatable bonds is 0. The summed E-state index contributed by atoms with van der Waals surface area (Å²) >= 11 is -2.24. The van der Waals surface area contributed by atoms with Gasteiger partial charge < -0.3 is 0 Å². The van der Waals surface area contributed by atoms with Gasteiger partial charge in [0, 0.05) is 5.92 Å². The molecule has 14 heavy (non-hydrogen) atoms. The fourth-order valence-electron chi connectivity index (χ4n) is 1.41. The first-order valence-corrected chi connectivity index (χ1v) is 17.7. The summed E-state index contributed by atoms with van der Waals surface area (Å²) in [7, 11) is 15.1. The Morgan fingerprint density at radius 1 is 0.643 bits per heavy atom. The zero-order valence-corrected chi connectivity index (χ0v) is 15.0. The second-order valence-corrected chi connectivity index (χ2v) is 18.9. The summed E-state index contributed by atoms with van der Waals surface area (Å²) in [5.41, 5.74) is 5.87. The van der Waals surface area contributed by atoms with Crippen molar-refractivity contribution >= 4 is 25.7 Å². The average Bonchev–Trinajstić information content (AvgIpc) is 2.23. The van der Waals surface area contributed by atoms with Crippen LogP contribution in [0.25, 0.3) is 0 Å². The van der Waals surface area contributed by atoms with E-state index in [1.165, 1.54) is 28.2 Å². The van der Waals surface area contributed by atoms with E-state index in [-0.39, 0.29) is 0 Å². The molecule has 1 rings (SSSR count). The quantitative estimate of drug-likeness (QED) is 0.465. The Kier molecular flexibility index (Phi) is 7.31. The Bertz CT molecular complexity index is 240. The maximum absolute atomic E-state index is 5.02. The van der Waals surface area contributed by atoms with Crippen LogP contribution in [-0.4, -0.2) is 0 Å². The molecule has 0 aromatic rings. The third kappa shape index (κ3) is 4.38. The molecule has 0 aliphatic heterocycles. The molecule has 0 heterocycles. The van der Waals surface area contributed by atoms with Crippen LogP contribution in [0, 0.1) is 5.92 Å². The molecule has 0 amide bonds. The van der Waals surface area contributed by atoms with Gasteiger partial charge in [0.1, 0.15) is 0 Å². The summed E-state index contributed by atoms with van der Waals surface area (Å²) in [6, 6.07) is 0. The predicted molar refractivity (Wildman–Crippen MR) is 63.2 cm³/mol. The number of halogens is 3. The second-order valence-electron chi connectivity index (χ2n) is 3.34. The number of allylic oxidation sites excluding steroid dienone is 4. The predicted octanol–water partition coefficient (Wildman–Crippen LogP) is 5.33. The van der Waals surface area contributed by atoms with E-state index in [9.17, 15) is 0 Å². The van der Waals surface area contributed by atoms with Gasteiger partial charge in [0.25, 0.3) is 0 Å². The third-order valence-electron chi connectivity index (χ3n) is 2.81. The SMILES string of the molecule is C[C]1C(C)=C(C)C(C)=C1C.[Cl][Hf]([Cl])[Cl]. The summed E-state index contributed by atoms with van der Waals surface area (Å²) in [5, 5.41) is 0. The van der Waals surface area contributed by atoms with E-state index < -0.39 is 17.9 Å². The van der Waals surface area contributed by atoms with Crippen molar-refractivity contribution in [2.75, 3.05) is 0 Å². The molecular formula is C10H15Cl3Hf.